The van der Waals surface area contributed by atoms with Crippen LogP contribution in [0.15, 0.2) is 24.3 Å². The number of nitrogens with zero attached hydrogens (tertiary/aromatic N) is 1. The molecule has 2 unspecified atom stereocenters. The van der Waals surface area contributed by atoms with Gasteiger partial charge in [-0.15, -0.1) is 0 Å². The quantitative estimate of drug-likeness (QED) is 0.241. The van der Waals surface area contributed by atoms with Crippen LogP contribution in [0, 0.1) is 6.92 Å². The molecule has 4 N–H and O–H groups in total. The fraction of sp³-hybridized carbons (Fsp3) is 0.688. The van der Waals surface area contributed by atoms with Gasteiger partial charge in [-0.05, 0) is 52.5 Å². The zero-order chi connectivity index (χ0) is 30.4. The SMILES string of the molecule is CCCCCCCCN(C(=O)C(CC(N)=O)NC(=O)OC(C)(C)C)C(C(=O)NC1CCCCC1)c1ccc(C)cc1. The van der Waals surface area contributed by atoms with Gasteiger partial charge in [-0.2, -0.15) is 0 Å². The van der Waals surface area contributed by atoms with Gasteiger partial charge in [-0.1, -0.05) is 88.1 Å². The highest BCUT2D eigenvalue weighted by molar-refractivity contribution is 5.94. The number of unbranched alkanes of at least 4 members (excludes halogenated alkanes) is 5. The highest BCUT2D eigenvalue weighted by atomic mass is 16.6. The molecule has 1 aromatic rings. The summed E-state index contributed by atoms with van der Waals surface area (Å²) in [4.78, 5) is 54.4. The van der Waals surface area contributed by atoms with Gasteiger partial charge >= 0.3 is 6.09 Å². The molecule has 1 aliphatic carbocycles. The van der Waals surface area contributed by atoms with Gasteiger partial charge in [-0.25, -0.2) is 4.79 Å². The number of benzene rings is 1. The highest BCUT2D eigenvalue weighted by Crippen LogP contribution is 2.26. The number of rotatable bonds is 15. The van der Waals surface area contributed by atoms with E-state index in [4.69, 9.17) is 10.5 Å². The number of nitrogens with one attached hydrogen (secondary N) is 2. The molecule has 1 saturated carbocycles. The third-order valence-electron chi connectivity index (χ3n) is 7.33. The smallest absolute Gasteiger partial charge is 0.408 e. The number of primary amides is 1. The summed E-state index contributed by atoms with van der Waals surface area (Å²) in [5.74, 6) is -1.53. The Morgan fingerprint density at radius 1 is 0.976 bits per heavy atom. The van der Waals surface area contributed by atoms with Crippen LogP contribution in [0.2, 0.25) is 0 Å². The van der Waals surface area contributed by atoms with E-state index in [1.807, 2.05) is 31.2 Å². The lowest BCUT2D eigenvalue weighted by Gasteiger charge is -2.35. The monoisotopic (exact) mass is 572 g/mol. The maximum absolute atomic E-state index is 14.2. The Morgan fingerprint density at radius 2 is 1.59 bits per heavy atom. The second kappa shape index (κ2) is 17.0. The first-order valence-electron chi connectivity index (χ1n) is 15.4. The van der Waals surface area contributed by atoms with Crippen LogP contribution in [0.4, 0.5) is 4.79 Å². The Kier molecular flexibility index (Phi) is 14.1. The zero-order valence-corrected chi connectivity index (χ0v) is 25.8. The Morgan fingerprint density at radius 3 is 2.17 bits per heavy atom. The lowest BCUT2D eigenvalue weighted by atomic mass is 9.94. The number of alkyl carbamates (subject to hydrolysis) is 1. The van der Waals surface area contributed by atoms with Crippen LogP contribution in [-0.4, -0.2) is 52.9 Å². The van der Waals surface area contributed by atoms with Crippen molar-refractivity contribution < 1.29 is 23.9 Å². The molecule has 0 bridgehead atoms. The first kappa shape index (κ1) is 34.1. The van der Waals surface area contributed by atoms with Crippen molar-refractivity contribution in [2.75, 3.05) is 6.54 Å². The number of carbonyl (C=O) groups excluding carboxylic acids is 4. The third kappa shape index (κ3) is 12.5. The van der Waals surface area contributed by atoms with E-state index in [1.54, 1.807) is 20.8 Å². The Labute approximate surface area is 246 Å². The minimum Gasteiger partial charge on any atom is -0.444 e. The van der Waals surface area contributed by atoms with Crippen molar-refractivity contribution in [3.8, 4) is 0 Å². The van der Waals surface area contributed by atoms with Gasteiger partial charge in [0.25, 0.3) is 0 Å². The number of nitrogens with two attached hydrogens (primary N) is 1. The van der Waals surface area contributed by atoms with E-state index in [9.17, 15) is 19.2 Å². The second-order valence-corrected chi connectivity index (χ2v) is 12.3. The first-order valence-corrected chi connectivity index (χ1v) is 15.4. The molecule has 0 saturated heterocycles. The molecule has 4 amide bonds. The molecule has 2 rings (SSSR count). The summed E-state index contributed by atoms with van der Waals surface area (Å²) in [6.07, 6.45) is 9.85. The van der Waals surface area contributed by atoms with Crippen molar-refractivity contribution in [2.45, 2.75) is 135 Å². The maximum Gasteiger partial charge on any atom is 0.408 e. The molecule has 1 aliphatic rings. The lowest BCUT2D eigenvalue weighted by Crippen LogP contribution is -2.55. The van der Waals surface area contributed by atoms with E-state index in [0.717, 1.165) is 69.8 Å². The summed E-state index contributed by atoms with van der Waals surface area (Å²) in [6, 6.07) is 5.44. The van der Waals surface area contributed by atoms with Crippen molar-refractivity contribution in [3.63, 3.8) is 0 Å². The number of aryl methyl sites for hydroxylation is 1. The van der Waals surface area contributed by atoms with Gasteiger partial charge in [0.05, 0.1) is 6.42 Å². The first-order chi connectivity index (χ1) is 19.4. The van der Waals surface area contributed by atoms with Crippen molar-refractivity contribution in [3.05, 3.63) is 35.4 Å². The molecule has 2 atom stereocenters. The number of amides is 4. The summed E-state index contributed by atoms with van der Waals surface area (Å²) in [6.45, 7) is 9.57. The number of ether oxygens (including phenoxy) is 1. The fourth-order valence-corrected chi connectivity index (χ4v) is 5.23. The maximum atomic E-state index is 14.2. The van der Waals surface area contributed by atoms with Crippen LogP contribution < -0.4 is 16.4 Å². The summed E-state index contributed by atoms with van der Waals surface area (Å²) in [7, 11) is 0. The summed E-state index contributed by atoms with van der Waals surface area (Å²) >= 11 is 0. The van der Waals surface area contributed by atoms with Crippen molar-refractivity contribution in [1.82, 2.24) is 15.5 Å². The molecule has 230 valence electrons. The Balaban J connectivity index is 2.43. The van der Waals surface area contributed by atoms with Crippen LogP contribution in [0.25, 0.3) is 0 Å². The molecule has 1 aromatic carbocycles. The van der Waals surface area contributed by atoms with Gasteiger partial charge in [-0.3, -0.25) is 14.4 Å². The Hall–Kier alpha value is -3.10. The van der Waals surface area contributed by atoms with Gasteiger partial charge in [0.1, 0.15) is 17.7 Å². The van der Waals surface area contributed by atoms with Crippen LogP contribution >= 0.6 is 0 Å². The van der Waals surface area contributed by atoms with Crippen molar-refractivity contribution >= 4 is 23.8 Å². The third-order valence-corrected chi connectivity index (χ3v) is 7.33. The molecule has 41 heavy (non-hydrogen) atoms. The minimum absolute atomic E-state index is 0.0523. The molecule has 9 nitrogen and oxygen atoms in total. The minimum atomic E-state index is -1.27. The number of carbonyl (C=O) groups is 4. The van der Waals surface area contributed by atoms with E-state index in [2.05, 4.69) is 17.6 Å². The second-order valence-electron chi connectivity index (χ2n) is 12.3. The molecule has 1 fully saturated rings. The van der Waals surface area contributed by atoms with Gasteiger partial charge < -0.3 is 26.0 Å². The standard InChI is InChI=1S/C32H52N4O5/c1-6-7-8-9-10-14-21-36(30(39)26(22-27(33)37)35-31(40)41-32(3,4)5)28(24-19-17-23(2)18-20-24)29(38)34-25-15-12-11-13-16-25/h17-20,25-26,28H,6-16,21-22H2,1-5H3,(H2,33,37)(H,34,38)(H,35,40). The summed E-state index contributed by atoms with van der Waals surface area (Å²) < 4.78 is 5.37. The predicted molar refractivity (Wildman–Crippen MR) is 161 cm³/mol. The van der Waals surface area contributed by atoms with E-state index in [-0.39, 0.29) is 11.9 Å². The molecule has 0 radical (unpaired) electrons. The van der Waals surface area contributed by atoms with Crippen LogP contribution in [0.5, 0.6) is 0 Å². The normalized spacial score (nSPS) is 15.4. The van der Waals surface area contributed by atoms with Crippen molar-refractivity contribution in [2.24, 2.45) is 5.73 Å². The molecular weight excluding hydrogens is 520 g/mol. The highest BCUT2D eigenvalue weighted by Gasteiger charge is 2.37. The molecule has 0 spiro atoms. The average molecular weight is 573 g/mol. The zero-order valence-electron chi connectivity index (χ0n) is 25.8. The largest absolute Gasteiger partial charge is 0.444 e. The lowest BCUT2D eigenvalue weighted by molar-refractivity contribution is -0.143. The van der Waals surface area contributed by atoms with Crippen molar-refractivity contribution in [1.29, 1.82) is 0 Å². The van der Waals surface area contributed by atoms with Gasteiger partial charge in [0, 0.05) is 12.6 Å². The van der Waals surface area contributed by atoms with Gasteiger partial charge in [0.2, 0.25) is 17.7 Å². The average Bonchev–Trinajstić information content (AvgIpc) is 2.89. The van der Waals surface area contributed by atoms with Crippen LogP contribution in [0.1, 0.15) is 122 Å². The van der Waals surface area contributed by atoms with E-state index in [1.165, 1.54) is 4.90 Å². The summed E-state index contributed by atoms with van der Waals surface area (Å²) in [5.41, 5.74) is 6.42. The topological polar surface area (TPSA) is 131 Å². The molecule has 0 aliphatic heterocycles. The molecular formula is C32H52N4O5. The molecule has 0 heterocycles. The molecule has 0 aromatic heterocycles. The number of hydrogen-bond acceptors (Lipinski definition) is 5. The number of hydrogen-bond donors (Lipinski definition) is 3. The fourth-order valence-electron chi connectivity index (χ4n) is 5.23. The Bertz CT molecular complexity index is 983. The van der Waals surface area contributed by atoms with Crippen LogP contribution in [0.3, 0.4) is 0 Å². The van der Waals surface area contributed by atoms with Gasteiger partial charge in [0.15, 0.2) is 0 Å². The van der Waals surface area contributed by atoms with E-state index < -0.39 is 42.0 Å². The molecule has 9 heteroatoms. The van der Waals surface area contributed by atoms with E-state index in [0.29, 0.717) is 18.5 Å². The van der Waals surface area contributed by atoms with E-state index >= 15 is 0 Å². The summed E-state index contributed by atoms with van der Waals surface area (Å²) in [5, 5.41) is 5.76. The van der Waals surface area contributed by atoms with Crippen LogP contribution in [-0.2, 0) is 19.1 Å². The predicted octanol–water partition coefficient (Wildman–Crippen LogP) is 5.44.